The summed E-state index contributed by atoms with van der Waals surface area (Å²) < 4.78 is 32.3. The molecule has 10 heteroatoms. The lowest BCUT2D eigenvalue weighted by Gasteiger charge is -2.34. The van der Waals surface area contributed by atoms with Crippen LogP contribution in [0.2, 0.25) is 0 Å². The number of ether oxygens (including phenoxy) is 1. The van der Waals surface area contributed by atoms with E-state index in [2.05, 4.69) is 5.32 Å². The first-order chi connectivity index (χ1) is 14.8. The molecule has 3 rings (SSSR count). The standard InChI is InChI=1S/C21H32N4O5S/c1-17-6-7-18(31(28,29)25-8-4-3-5-9-25)14-19(17)22-20(26)15-23-10-12-24(13-11-23)21(27)16-30-2/h6-7,14H,3-5,8-13,15-16H2,1-2H3,(H,22,26). The van der Waals surface area contributed by atoms with Crippen LogP contribution in [0.15, 0.2) is 23.1 Å². The molecule has 2 aliphatic heterocycles. The van der Waals surface area contributed by atoms with E-state index in [0.717, 1.165) is 24.8 Å². The third-order valence-corrected chi connectivity index (χ3v) is 7.69. The van der Waals surface area contributed by atoms with E-state index < -0.39 is 10.0 Å². The highest BCUT2D eigenvalue weighted by molar-refractivity contribution is 7.89. The Balaban J connectivity index is 1.59. The maximum atomic E-state index is 12.9. The van der Waals surface area contributed by atoms with E-state index in [4.69, 9.17) is 4.74 Å². The van der Waals surface area contributed by atoms with Gasteiger partial charge >= 0.3 is 0 Å². The lowest BCUT2D eigenvalue weighted by molar-refractivity contribution is -0.137. The zero-order valence-electron chi connectivity index (χ0n) is 18.3. The minimum Gasteiger partial charge on any atom is -0.375 e. The molecule has 0 radical (unpaired) electrons. The van der Waals surface area contributed by atoms with Crippen molar-refractivity contribution in [1.82, 2.24) is 14.1 Å². The number of anilines is 1. The Morgan fingerprint density at radius 2 is 1.71 bits per heavy atom. The number of piperidine rings is 1. The summed E-state index contributed by atoms with van der Waals surface area (Å²) in [4.78, 5) is 28.4. The molecule has 1 aromatic rings. The highest BCUT2D eigenvalue weighted by Crippen LogP contribution is 2.25. The molecule has 2 aliphatic rings. The number of nitrogens with one attached hydrogen (secondary N) is 1. The summed E-state index contributed by atoms with van der Waals surface area (Å²) in [6.45, 7) is 5.48. The Kier molecular flexibility index (Phi) is 8.04. The summed E-state index contributed by atoms with van der Waals surface area (Å²) in [5.74, 6) is -0.249. The van der Waals surface area contributed by atoms with Gasteiger partial charge in [-0.2, -0.15) is 4.31 Å². The number of benzene rings is 1. The number of carbonyl (C=O) groups is 2. The van der Waals surface area contributed by atoms with Crippen molar-refractivity contribution >= 4 is 27.5 Å². The van der Waals surface area contributed by atoms with Gasteiger partial charge in [-0.1, -0.05) is 12.5 Å². The first-order valence-electron chi connectivity index (χ1n) is 10.7. The second kappa shape index (κ2) is 10.5. The molecule has 0 bridgehead atoms. The van der Waals surface area contributed by atoms with Crippen LogP contribution in [-0.4, -0.2) is 93.9 Å². The number of hydrogen-bond acceptors (Lipinski definition) is 6. The van der Waals surface area contributed by atoms with Gasteiger partial charge in [0.15, 0.2) is 0 Å². The van der Waals surface area contributed by atoms with Crippen molar-refractivity contribution in [1.29, 1.82) is 0 Å². The average molecular weight is 453 g/mol. The Morgan fingerprint density at radius 3 is 2.35 bits per heavy atom. The molecular formula is C21H32N4O5S. The minimum atomic E-state index is -3.56. The first-order valence-corrected chi connectivity index (χ1v) is 12.1. The quantitative estimate of drug-likeness (QED) is 0.660. The maximum Gasteiger partial charge on any atom is 0.248 e. The fourth-order valence-corrected chi connectivity index (χ4v) is 5.46. The molecule has 2 amide bonds. The van der Waals surface area contributed by atoms with Crippen molar-refractivity contribution in [2.45, 2.75) is 31.1 Å². The minimum absolute atomic E-state index is 0.0473. The third kappa shape index (κ3) is 6.03. The molecule has 31 heavy (non-hydrogen) atoms. The van der Waals surface area contributed by atoms with Crippen molar-refractivity contribution in [2.24, 2.45) is 0 Å². The molecule has 0 unspecified atom stereocenters. The van der Waals surface area contributed by atoms with Crippen molar-refractivity contribution in [3.05, 3.63) is 23.8 Å². The van der Waals surface area contributed by atoms with Gasteiger partial charge in [-0.05, 0) is 37.5 Å². The van der Waals surface area contributed by atoms with Gasteiger partial charge in [0.2, 0.25) is 21.8 Å². The SMILES string of the molecule is COCC(=O)N1CCN(CC(=O)Nc2cc(S(=O)(=O)N3CCCCC3)ccc2C)CC1. The number of hydrogen-bond donors (Lipinski definition) is 1. The number of aryl methyl sites for hydroxylation is 1. The van der Waals surface area contributed by atoms with Crippen LogP contribution < -0.4 is 5.32 Å². The summed E-state index contributed by atoms with van der Waals surface area (Å²) >= 11 is 0. The molecule has 0 aliphatic carbocycles. The smallest absolute Gasteiger partial charge is 0.248 e. The van der Waals surface area contributed by atoms with Crippen molar-refractivity contribution in [3.63, 3.8) is 0 Å². The predicted octanol–water partition coefficient (Wildman–Crippen LogP) is 0.899. The molecule has 2 saturated heterocycles. The van der Waals surface area contributed by atoms with E-state index in [0.29, 0.717) is 45.0 Å². The summed E-state index contributed by atoms with van der Waals surface area (Å²) in [5.41, 5.74) is 1.32. The van der Waals surface area contributed by atoms with Crippen LogP contribution in [0.4, 0.5) is 5.69 Å². The largest absolute Gasteiger partial charge is 0.375 e. The van der Waals surface area contributed by atoms with Crippen molar-refractivity contribution < 1.29 is 22.7 Å². The van der Waals surface area contributed by atoms with Gasteiger partial charge in [0, 0.05) is 52.1 Å². The molecular weight excluding hydrogens is 420 g/mol. The number of amides is 2. The molecule has 172 valence electrons. The van der Waals surface area contributed by atoms with E-state index in [-0.39, 0.29) is 29.9 Å². The van der Waals surface area contributed by atoms with Crippen molar-refractivity contribution in [2.75, 3.05) is 64.8 Å². The third-order valence-electron chi connectivity index (χ3n) is 5.80. The van der Waals surface area contributed by atoms with Crippen LogP contribution in [0.5, 0.6) is 0 Å². The summed E-state index contributed by atoms with van der Waals surface area (Å²) in [6.07, 6.45) is 2.80. The summed E-state index contributed by atoms with van der Waals surface area (Å²) in [5, 5.41) is 2.86. The molecule has 2 fully saturated rings. The van der Waals surface area contributed by atoms with Crippen LogP contribution in [0.3, 0.4) is 0 Å². The van der Waals surface area contributed by atoms with Crippen LogP contribution in [0, 0.1) is 6.92 Å². The molecule has 0 saturated carbocycles. The lowest BCUT2D eigenvalue weighted by Crippen LogP contribution is -2.51. The molecule has 0 aromatic heterocycles. The van der Waals surface area contributed by atoms with Gasteiger partial charge in [0.25, 0.3) is 0 Å². The zero-order valence-corrected chi connectivity index (χ0v) is 19.1. The number of rotatable bonds is 7. The maximum absolute atomic E-state index is 12.9. The van der Waals surface area contributed by atoms with E-state index in [1.54, 1.807) is 23.1 Å². The van der Waals surface area contributed by atoms with E-state index >= 15 is 0 Å². The molecule has 9 nitrogen and oxygen atoms in total. The number of nitrogens with zero attached hydrogens (tertiary/aromatic N) is 3. The molecule has 1 N–H and O–H groups in total. The Hall–Kier alpha value is -2.01. The normalized spacial score (nSPS) is 18.7. The van der Waals surface area contributed by atoms with E-state index in [1.165, 1.54) is 11.4 Å². The predicted molar refractivity (Wildman–Crippen MR) is 117 cm³/mol. The van der Waals surface area contributed by atoms with Crippen LogP contribution >= 0.6 is 0 Å². The molecule has 0 spiro atoms. The monoisotopic (exact) mass is 452 g/mol. The lowest BCUT2D eigenvalue weighted by atomic mass is 10.2. The zero-order chi connectivity index (χ0) is 22.4. The molecule has 0 atom stereocenters. The average Bonchev–Trinajstić information content (AvgIpc) is 2.76. The van der Waals surface area contributed by atoms with E-state index in [9.17, 15) is 18.0 Å². The van der Waals surface area contributed by atoms with Crippen molar-refractivity contribution in [3.8, 4) is 0 Å². The first kappa shape index (κ1) is 23.6. The number of carbonyl (C=O) groups excluding carboxylic acids is 2. The second-order valence-corrected chi connectivity index (χ2v) is 10.0. The van der Waals surface area contributed by atoms with Gasteiger partial charge in [0.1, 0.15) is 6.61 Å². The Labute approximate surface area is 184 Å². The van der Waals surface area contributed by atoms with Gasteiger partial charge in [0.05, 0.1) is 11.4 Å². The summed E-state index contributed by atoms with van der Waals surface area (Å²) in [7, 11) is -2.07. The Morgan fingerprint density at radius 1 is 1.03 bits per heavy atom. The van der Waals surface area contributed by atoms with Crippen LogP contribution in [-0.2, 0) is 24.3 Å². The number of sulfonamides is 1. The topological polar surface area (TPSA) is 99.3 Å². The summed E-state index contributed by atoms with van der Waals surface area (Å²) in [6, 6.07) is 4.89. The van der Waals surface area contributed by atoms with Gasteiger partial charge in [-0.15, -0.1) is 0 Å². The molecule has 2 heterocycles. The highest BCUT2D eigenvalue weighted by Gasteiger charge is 2.27. The Bertz CT molecular complexity index is 891. The number of methoxy groups -OCH3 is 1. The second-order valence-electron chi connectivity index (χ2n) is 8.08. The van der Waals surface area contributed by atoms with Gasteiger partial charge in [-0.3, -0.25) is 14.5 Å². The highest BCUT2D eigenvalue weighted by atomic mass is 32.2. The van der Waals surface area contributed by atoms with Gasteiger partial charge in [-0.25, -0.2) is 8.42 Å². The van der Waals surface area contributed by atoms with Crippen LogP contribution in [0.1, 0.15) is 24.8 Å². The van der Waals surface area contributed by atoms with Crippen LogP contribution in [0.25, 0.3) is 0 Å². The fourth-order valence-electron chi connectivity index (χ4n) is 3.91. The van der Waals surface area contributed by atoms with Gasteiger partial charge < -0.3 is 15.0 Å². The van der Waals surface area contributed by atoms with E-state index in [1.807, 2.05) is 11.8 Å². The number of piperazine rings is 1. The molecule has 1 aromatic carbocycles. The fraction of sp³-hybridized carbons (Fsp3) is 0.619.